The summed E-state index contributed by atoms with van der Waals surface area (Å²) in [6, 6.07) is 9.56. The van der Waals surface area contributed by atoms with Crippen molar-refractivity contribution in [1.29, 1.82) is 0 Å². The number of hydrogen-bond donors (Lipinski definition) is 1. The van der Waals surface area contributed by atoms with Gasteiger partial charge in [0.05, 0.1) is 12.7 Å². The fourth-order valence-corrected chi connectivity index (χ4v) is 4.74. The minimum Gasteiger partial charge on any atom is -0.505 e. The molecule has 4 aromatic rings. The first-order valence-electron chi connectivity index (χ1n) is 8.65. The number of fused-ring (bicyclic) bond motifs is 1. The molecule has 1 N–H and O–H groups in total. The number of aromatic hydroxyl groups is 1. The van der Waals surface area contributed by atoms with Crippen LogP contribution in [0.15, 0.2) is 41.2 Å². The van der Waals surface area contributed by atoms with Crippen molar-refractivity contribution in [2.75, 3.05) is 7.11 Å². The van der Waals surface area contributed by atoms with Gasteiger partial charge in [0.2, 0.25) is 0 Å². The van der Waals surface area contributed by atoms with Crippen LogP contribution >= 0.6 is 22.9 Å². The molecule has 148 valence electrons. The molecule has 0 saturated heterocycles. The molecule has 0 unspecified atom stereocenters. The summed E-state index contributed by atoms with van der Waals surface area (Å²) >= 11 is 7.63. The highest BCUT2D eigenvalue weighted by Gasteiger charge is 2.25. The van der Waals surface area contributed by atoms with Gasteiger partial charge in [-0.1, -0.05) is 11.6 Å². The van der Waals surface area contributed by atoms with E-state index in [1.54, 1.807) is 25.1 Å². The van der Waals surface area contributed by atoms with Crippen molar-refractivity contribution in [3.63, 3.8) is 0 Å². The predicted molar refractivity (Wildman–Crippen MR) is 114 cm³/mol. The van der Waals surface area contributed by atoms with E-state index in [0.29, 0.717) is 37.9 Å². The summed E-state index contributed by atoms with van der Waals surface area (Å²) in [4.78, 5) is 13.6. The first kappa shape index (κ1) is 19.4. The molecule has 29 heavy (non-hydrogen) atoms. The van der Waals surface area contributed by atoms with E-state index in [1.807, 2.05) is 6.07 Å². The highest BCUT2D eigenvalue weighted by molar-refractivity contribution is 7.23. The monoisotopic (exact) mass is 430 g/mol. The second-order valence-corrected chi connectivity index (χ2v) is 8.02. The van der Waals surface area contributed by atoms with Crippen LogP contribution in [0.1, 0.15) is 5.69 Å². The van der Waals surface area contributed by atoms with Gasteiger partial charge >= 0.3 is 0 Å². The van der Waals surface area contributed by atoms with Gasteiger partial charge in [-0.3, -0.25) is 4.79 Å². The average Bonchev–Trinajstić information content (AvgIpc) is 3.05. The van der Waals surface area contributed by atoms with Crippen molar-refractivity contribution in [2.45, 2.75) is 6.92 Å². The van der Waals surface area contributed by atoms with E-state index in [9.17, 15) is 14.3 Å². The fourth-order valence-electron chi connectivity index (χ4n) is 3.35. The maximum absolute atomic E-state index is 13.8. The lowest BCUT2D eigenvalue weighted by Gasteiger charge is -2.12. The Balaban J connectivity index is 2.19. The molecular weight excluding hydrogens is 415 g/mol. The zero-order valence-corrected chi connectivity index (χ0v) is 17.4. The van der Waals surface area contributed by atoms with Crippen LogP contribution in [0.3, 0.4) is 0 Å². The molecular formula is C21H16ClFN2O3S. The van der Waals surface area contributed by atoms with E-state index in [2.05, 4.69) is 5.10 Å². The summed E-state index contributed by atoms with van der Waals surface area (Å²) in [6.45, 7) is 1.62. The fraction of sp³-hybridized carbons (Fsp3) is 0.143. The van der Waals surface area contributed by atoms with Crippen molar-refractivity contribution in [3.8, 4) is 33.1 Å². The van der Waals surface area contributed by atoms with Crippen LogP contribution in [-0.2, 0) is 7.05 Å². The molecule has 2 heterocycles. The van der Waals surface area contributed by atoms with E-state index in [0.717, 1.165) is 4.70 Å². The summed E-state index contributed by atoms with van der Waals surface area (Å²) in [5.74, 6) is -0.309. The molecule has 8 heteroatoms. The number of aryl methyl sites for hydroxylation is 2. The van der Waals surface area contributed by atoms with E-state index >= 15 is 0 Å². The summed E-state index contributed by atoms with van der Waals surface area (Å²) in [5.41, 5.74) is 1.11. The maximum atomic E-state index is 13.8. The number of aromatic nitrogens is 2. The molecule has 0 bridgehead atoms. The molecule has 5 nitrogen and oxygen atoms in total. The second-order valence-electron chi connectivity index (χ2n) is 6.53. The van der Waals surface area contributed by atoms with E-state index in [4.69, 9.17) is 16.3 Å². The summed E-state index contributed by atoms with van der Waals surface area (Å²) < 4.78 is 21.2. The number of nitrogens with zero attached hydrogens (tertiary/aromatic N) is 2. The van der Waals surface area contributed by atoms with Gasteiger partial charge in [-0.25, -0.2) is 9.07 Å². The average molecular weight is 431 g/mol. The van der Waals surface area contributed by atoms with Crippen LogP contribution in [0.25, 0.3) is 31.7 Å². The molecule has 0 aliphatic carbocycles. The molecule has 0 radical (unpaired) electrons. The first-order valence-corrected chi connectivity index (χ1v) is 9.84. The van der Waals surface area contributed by atoms with Gasteiger partial charge in [0.1, 0.15) is 17.3 Å². The van der Waals surface area contributed by atoms with E-state index < -0.39 is 11.4 Å². The molecule has 0 atom stereocenters. The van der Waals surface area contributed by atoms with Crippen molar-refractivity contribution >= 4 is 33.0 Å². The second kappa shape index (κ2) is 7.17. The molecule has 0 spiro atoms. The molecule has 0 amide bonds. The van der Waals surface area contributed by atoms with Crippen molar-refractivity contribution in [2.24, 2.45) is 7.05 Å². The van der Waals surface area contributed by atoms with Crippen molar-refractivity contribution < 1.29 is 14.2 Å². The first-order chi connectivity index (χ1) is 13.8. The van der Waals surface area contributed by atoms with Gasteiger partial charge in [0, 0.05) is 44.2 Å². The number of methoxy groups -OCH3 is 1. The minimum atomic E-state index is -0.449. The Hall–Kier alpha value is -2.90. The number of ether oxygens (including phenoxy) is 1. The molecule has 0 aliphatic heterocycles. The Labute approximate surface area is 174 Å². The number of halogens is 2. The maximum Gasteiger partial charge on any atom is 0.278 e. The summed E-state index contributed by atoms with van der Waals surface area (Å²) in [6.07, 6.45) is 0. The molecule has 2 aromatic carbocycles. The van der Waals surface area contributed by atoms with Crippen LogP contribution in [0.5, 0.6) is 11.5 Å². The Morgan fingerprint density at radius 3 is 2.69 bits per heavy atom. The van der Waals surface area contributed by atoms with Gasteiger partial charge in [-0.15, -0.1) is 11.3 Å². The van der Waals surface area contributed by atoms with E-state index in [-0.39, 0.29) is 11.3 Å². The quantitative estimate of drug-likeness (QED) is 0.488. The number of benzene rings is 2. The Kier molecular flexibility index (Phi) is 4.80. The van der Waals surface area contributed by atoms with Gasteiger partial charge in [-0.05, 0) is 37.3 Å². The largest absolute Gasteiger partial charge is 0.505 e. The van der Waals surface area contributed by atoms with Crippen LogP contribution in [0.4, 0.5) is 4.39 Å². The van der Waals surface area contributed by atoms with E-state index in [1.165, 1.54) is 42.3 Å². The van der Waals surface area contributed by atoms with Crippen LogP contribution in [0, 0.1) is 12.7 Å². The number of thiophene rings is 1. The number of rotatable bonds is 3. The number of hydrogen-bond acceptors (Lipinski definition) is 5. The Bertz CT molecular complexity index is 1330. The summed E-state index contributed by atoms with van der Waals surface area (Å²) in [5, 5.41) is 16.0. The topological polar surface area (TPSA) is 64.3 Å². The summed E-state index contributed by atoms with van der Waals surface area (Å²) in [7, 11) is 2.98. The Morgan fingerprint density at radius 1 is 1.21 bits per heavy atom. The van der Waals surface area contributed by atoms with Crippen LogP contribution in [-0.4, -0.2) is 22.0 Å². The SMILES string of the molecule is COc1cc(F)ccc1-c1sc2ccc(Cl)cc2c1-c1c(O)c(C)nn(C)c1=O. The normalized spacial score (nSPS) is 11.2. The lowest BCUT2D eigenvalue weighted by atomic mass is 9.98. The van der Waals surface area contributed by atoms with Gasteiger partial charge in [-0.2, -0.15) is 5.10 Å². The zero-order valence-electron chi connectivity index (χ0n) is 15.8. The highest BCUT2D eigenvalue weighted by Crippen LogP contribution is 2.49. The van der Waals surface area contributed by atoms with Crippen LogP contribution < -0.4 is 10.3 Å². The molecule has 0 aliphatic rings. The van der Waals surface area contributed by atoms with Crippen molar-refractivity contribution in [1.82, 2.24) is 9.78 Å². The third-order valence-corrected chi connectivity index (χ3v) is 6.13. The predicted octanol–water partition coefficient (Wildman–Crippen LogP) is 5.14. The Morgan fingerprint density at radius 2 is 1.97 bits per heavy atom. The van der Waals surface area contributed by atoms with Gasteiger partial charge in [0.15, 0.2) is 5.75 Å². The highest BCUT2D eigenvalue weighted by atomic mass is 35.5. The minimum absolute atomic E-state index is 0.120. The lowest BCUT2D eigenvalue weighted by molar-refractivity contribution is 0.413. The molecule has 0 fully saturated rings. The molecule has 4 rings (SSSR count). The smallest absolute Gasteiger partial charge is 0.278 e. The van der Waals surface area contributed by atoms with Crippen molar-refractivity contribution in [3.05, 3.63) is 63.3 Å². The molecule has 0 saturated carbocycles. The standard InChI is InChI=1S/C21H16ClFN2O3S/c1-10-19(26)18(21(27)25(2)24-10)17-14-8-11(22)4-7-16(14)29-20(17)13-6-5-12(23)9-15(13)28-3/h4-9,26H,1-3H3. The third kappa shape index (κ3) is 3.16. The van der Waals surface area contributed by atoms with Crippen LogP contribution in [0.2, 0.25) is 5.02 Å². The molecule has 2 aromatic heterocycles. The van der Waals surface area contributed by atoms with Gasteiger partial charge < -0.3 is 9.84 Å². The zero-order chi connectivity index (χ0) is 20.9. The lowest BCUT2D eigenvalue weighted by Crippen LogP contribution is -2.22. The van der Waals surface area contributed by atoms with Gasteiger partial charge in [0.25, 0.3) is 5.56 Å². The third-order valence-electron chi connectivity index (χ3n) is 4.70.